The molecule has 0 aliphatic heterocycles. The standard InChI is InChI=1S/4C4H9O.Ti/c4*1-2-3-4-5;/h4*5H,1-4H2;/q4*-1;+4. The molecule has 0 spiro atoms. The van der Waals surface area contributed by atoms with E-state index in [1.165, 1.54) is 0 Å². The SMILES string of the molecule is [CH2-]CCCO.[CH2-]CCCO.[CH2-]CCCO.[CH2-]CCCO.[Ti+4]. The molecule has 4 N–H and O–H groups in total. The Balaban J connectivity index is -0.0000000533. The second kappa shape index (κ2) is 49.9. The summed E-state index contributed by atoms with van der Waals surface area (Å²) in [6.45, 7) is 15.2. The van der Waals surface area contributed by atoms with E-state index in [0.29, 0.717) is 0 Å². The summed E-state index contributed by atoms with van der Waals surface area (Å²) in [5.74, 6) is 0. The molecule has 128 valence electrons. The Morgan fingerprint density at radius 1 is 0.429 bits per heavy atom. The van der Waals surface area contributed by atoms with E-state index in [9.17, 15) is 0 Å². The zero-order chi connectivity index (χ0) is 16.5. The normalized spacial score (nSPS) is 8.00. The van der Waals surface area contributed by atoms with Gasteiger partial charge in [-0.05, 0) is 0 Å². The van der Waals surface area contributed by atoms with E-state index >= 15 is 0 Å². The first kappa shape index (κ1) is 33.2. The molecule has 0 fully saturated rings. The van der Waals surface area contributed by atoms with Crippen molar-refractivity contribution in [3.05, 3.63) is 27.7 Å². The number of rotatable bonds is 8. The molecule has 0 aromatic rings. The van der Waals surface area contributed by atoms with Crippen molar-refractivity contribution in [2.24, 2.45) is 0 Å². The second-order valence-corrected chi connectivity index (χ2v) is 3.72. The molecular weight excluding hydrogens is 304 g/mol. The van der Waals surface area contributed by atoms with E-state index in [2.05, 4.69) is 27.7 Å². The minimum Gasteiger partial charge on any atom is -0.396 e. The van der Waals surface area contributed by atoms with E-state index in [4.69, 9.17) is 20.4 Å². The van der Waals surface area contributed by atoms with Crippen molar-refractivity contribution in [2.75, 3.05) is 26.4 Å². The summed E-state index contributed by atoms with van der Waals surface area (Å²) in [5, 5.41) is 32.1. The third-order valence-corrected chi connectivity index (χ3v) is 1.63. The zero-order valence-electron chi connectivity index (χ0n) is 13.6. The third-order valence-electron chi connectivity index (χ3n) is 1.63. The van der Waals surface area contributed by atoms with Crippen molar-refractivity contribution in [1.29, 1.82) is 0 Å². The summed E-state index contributed by atoms with van der Waals surface area (Å²) in [7, 11) is 0. The van der Waals surface area contributed by atoms with Crippen LogP contribution in [0.25, 0.3) is 0 Å². The molecule has 21 heavy (non-hydrogen) atoms. The van der Waals surface area contributed by atoms with E-state index in [1.807, 2.05) is 0 Å². The average Bonchev–Trinajstić information content (AvgIpc) is 2.44. The fourth-order valence-electron chi connectivity index (χ4n) is 0.447. The van der Waals surface area contributed by atoms with Crippen LogP contribution in [0.15, 0.2) is 0 Å². The van der Waals surface area contributed by atoms with Crippen LogP contribution in [-0.4, -0.2) is 46.9 Å². The van der Waals surface area contributed by atoms with Gasteiger partial charge in [-0.3, -0.25) is 0 Å². The van der Waals surface area contributed by atoms with E-state index in [1.54, 1.807) is 0 Å². The van der Waals surface area contributed by atoms with Crippen LogP contribution in [0.2, 0.25) is 0 Å². The molecule has 0 aliphatic carbocycles. The van der Waals surface area contributed by atoms with Gasteiger partial charge in [0.05, 0.1) is 0 Å². The summed E-state index contributed by atoms with van der Waals surface area (Å²) in [5.41, 5.74) is 0. The van der Waals surface area contributed by atoms with Gasteiger partial charge in [0, 0.05) is 26.4 Å². The van der Waals surface area contributed by atoms with Crippen molar-refractivity contribution in [2.45, 2.75) is 51.4 Å². The maximum absolute atomic E-state index is 8.03. The maximum atomic E-state index is 8.03. The molecule has 0 aromatic heterocycles. The van der Waals surface area contributed by atoms with Crippen molar-refractivity contribution in [3.8, 4) is 0 Å². The van der Waals surface area contributed by atoms with Gasteiger partial charge < -0.3 is 48.1 Å². The molecule has 0 radical (unpaired) electrons. The van der Waals surface area contributed by atoms with Gasteiger partial charge in [0.1, 0.15) is 0 Å². The Bertz CT molecular complexity index is 74.3. The van der Waals surface area contributed by atoms with Gasteiger partial charge in [0.15, 0.2) is 0 Å². The second-order valence-electron chi connectivity index (χ2n) is 3.72. The predicted octanol–water partition coefficient (Wildman–Crippen LogP) is 2.37. The fourth-order valence-corrected chi connectivity index (χ4v) is 0.447. The first-order chi connectivity index (χ1) is 9.66. The Kier molecular flexibility index (Phi) is 78.9. The van der Waals surface area contributed by atoms with Gasteiger partial charge in [0.25, 0.3) is 0 Å². The number of hydrogen-bond donors (Lipinski definition) is 4. The summed E-state index contributed by atoms with van der Waals surface area (Å²) in [4.78, 5) is 0. The van der Waals surface area contributed by atoms with Gasteiger partial charge >= 0.3 is 21.7 Å². The molecule has 0 rings (SSSR count). The fraction of sp³-hybridized carbons (Fsp3) is 0.750. The molecule has 0 aromatic carbocycles. The van der Waals surface area contributed by atoms with Crippen LogP contribution in [0.3, 0.4) is 0 Å². The van der Waals surface area contributed by atoms with E-state index in [0.717, 1.165) is 51.4 Å². The molecule has 0 saturated carbocycles. The van der Waals surface area contributed by atoms with Gasteiger partial charge in [-0.1, -0.05) is 25.7 Å². The van der Waals surface area contributed by atoms with Crippen molar-refractivity contribution < 1.29 is 42.1 Å². The summed E-state index contributed by atoms with van der Waals surface area (Å²) >= 11 is 0. The number of aliphatic hydroxyl groups excluding tert-OH is 4. The van der Waals surface area contributed by atoms with Crippen LogP contribution in [0.5, 0.6) is 0 Å². The zero-order valence-corrected chi connectivity index (χ0v) is 15.2. The molecule has 0 saturated heterocycles. The minimum atomic E-state index is 0. The van der Waals surface area contributed by atoms with Gasteiger partial charge in [0.2, 0.25) is 0 Å². The van der Waals surface area contributed by atoms with Gasteiger partial charge in [-0.25, -0.2) is 0 Å². The van der Waals surface area contributed by atoms with Gasteiger partial charge in [-0.2, -0.15) is 25.7 Å². The molecule has 0 heterocycles. The summed E-state index contributed by atoms with van der Waals surface area (Å²) in [6, 6.07) is 0. The minimum absolute atomic E-state index is 0. The first-order valence-corrected chi connectivity index (χ1v) is 7.26. The van der Waals surface area contributed by atoms with Crippen LogP contribution in [0.1, 0.15) is 51.4 Å². The Morgan fingerprint density at radius 2 is 0.571 bits per heavy atom. The molecule has 0 amide bonds. The number of hydrogen-bond acceptors (Lipinski definition) is 4. The molecule has 0 bridgehead atoms. The Morgan fingerprint density at radius 3 is 0.571 bits per heavy atom. The first-order valence-electron chi connectivity index (χ1n) is 7.26. The number of aliphatic hydroxyl groups is 4. The molecule has 4 nitrogen and oxygen atoms in total. The monoisotopic (exact) mass is 340 g/mol. The van der Waals surface area contributed by atoms with E-state index in [-0.39, 0.29) is 48.1 Å². The number of unbranched alkanes of at least 4 members (excludes halogenated alkanes) is 4. The topological polar surface area (TPSA) is 80.9 Å². The van der Waals surface area contributed by atoms with Crippen molar-refractivity contribution >= 4 is 0 Å². The Hall–Kier alpha value is 0.554. The quantitative estimate of drug-likeness (QED) is 0.404. The van der Waals surface area contributed by atoms with Gasteiger partial charge in [-0.15, -0.1) is 0 Å². The van der Waals surface area contributed by atoms with Crippen LogP contribution in [0, 0.1) is 27.7 Å². The summed E-state index contributed by atoms with van der Waals surface area (Å²) < 4.78 is 0. The summed E-state index contributed by atoms with van der Waals surface area (Å²) in [6.07, 6.45) is 6.71. The molecule has 5 heteroatoms. The van der Waals surface area contributed by atoms with Crippen LogP contribution in [0.4, 0.5) is 0 Å². The largest absolute Gasteiger partial charge is 4.00 e. The molecule has 0 atom stereocenters. The smallest absolute Gasteiger partial charge is 0.396 e. The maximum Gasteiger partial charge on any atom is 4.00 e. The van der Waals surface area contributed by atoms with Crippen molar-refractivity contribution in [3.63, 3.8) is 0 Å². The Labute approximate surface area is 147 Å². The van der Waals surface area contributed by atoms with Crippen LogP contribution in [-0.2, 0) is 21.7 Å². The van der Waals surface area contributed by atoms with Crippen LogP contribution < -0.4 is 0 Å². The molecule has 0 aliphatic rings. The van der Waals surface area contributed by atoms with E-state index < -0.39 is 0 Å². The molecule has 0 unspecified atom stereocenters. The third kappa shape index (κ3) is 96.7. The van der Waals surface area contributed by atoms with Crippen molar-refractivity contribution in [1.82, 2.24) is 0 Å². The predicted molar refractivity (Wildman–Crippen MR) is 86.7 cm³/mol. The molecular formula is C16H36O4Ti. The average molecular weight is 340 g/mol. The van der Waals surface area contributed by atoms with Crippen LogP contribution >= 0.6 is 0 Å².